The Morgan fingerprint density at radius 3 is 2.76 bits per heavy atom. The number of benzene rings is 1. The molecule has 3 aromatic heterocycles. The van der Waals surface area contributed by atoms with Crippen molar-refractivity contribution >= 4 is 22.6 Å². The molecule has 0 unspecified atom stereocenters. The number of aliphatic hydroxyl groups is 1. The van der Waals surface area contributed by atoms with E-state index in [0.29, 0.717) is 35.8 Å². The van der Waals surface area contributed by atoms with Gasteiger partial charge in [0, 0.05) is 36.9 Å². The summed E-state index contributed by atoms with van der Waals surface area (Å²) in [6.45, 7) is 4.33. The van der Waals surface area contributed by atoms with Gasteiger partial charge in [-0.2, -0.15) is 4.98 Å². The first-order valence-electron chi connectivity index (χ1n) is 10.9. The SMILES string of the molecule is CC[C@H]1O[C@@H](n2cnc3c(OCCc4ccc([N+](=O)[O-])cc4)nc4nccn4c32)[C@H](O)[C@@H]1C. The molecule has 1 aromatic carbocycles. The van der Waals surface area contributed by atoms with Crippen LogP contribution in [0, 0.1) is 16.0 Å². The molecular weight excluding hydrogens is 428 g/mol. The molecule has 0 bridgehead atoms. The lowest BCUT2D eigenvalue weighted by Crippen LogP contribution is -2.24. The van der Waals surface area contributed by atoms with E-state index in [-0.39, 0.29) is 17.7 Å². The van der Waals surface area contributed by atoms with Crippen molar-refractivity contribution in [2.45, 2.75) is 45.1 Å². The number of fused-ring (bicyclic) bond motifs is 3. The van der Waals surface area contributed by atoms with Gasteiger partial charge >= 0.3 is 0 Å². The molecular formula is C22H24N6O5. The number of non-ortho nitro benzene ring substituents is 1. The van der Waals surface area contributed by atoms with Crippen LogP contribution >= 0.6 is 0 Å². The number of nitrogens with zero attached hydrogens (tertiary/aromatic N) is 6. The summed E-state index contributed by atoms with van der Waals surface area (Å²) in [5.74, 6) is 0.772. The Labute approximate surface area is 188 Å². The molecule has 0 aliphatic carbocycles. The molecule has 11 nitrogen and oxygen atoms in total. The average Bonchev–Trinajstić information content (AvgIpc) is 3.52. The summed E-state index contributed by atoms with van der Waals surface area (Å²) in [5.41, 5.74) is 2.17. The van der Waals surface area contributed by atoms with Crippen LogP contribution in [0.3, 0.4) is 0 Å². The third-order valence-electron chi connectivity index (χ3n) is 6.21. The van der Waals surface area contributed by atoms with E-state index in [1.165, 1.54) is 12.1 Å². The molecule has 1 N–H and O–H groups in total. The molecule has 11 heteroatoms. The number of imidazole rings is 2. The quantitative estimate of drug-likeness (QED) is 0.335. The fourth-order valence-electron chi connectivity index (χ4n) is 4.33. The molecule has 5 rings (SSSR count). The molecule has 172 valence electrons. The van der Waals surface area contributed by atoms with Gasteiger partial charge in [-0.3, -0.25) is 19.1 Å². The highest BCUT2D eigenvalue weighted by Gasteiger charge is 2.41. The molecule has 33 heavy (non-hydrogen) atoms. The van der Waals surface area contributed by atoms with Crippen LogP contribution < -0.4 is 4.74 Å². The summed E-state index contributed by atoms with van der Waals surface area (Å²) in [6, 6.07) is 6.37. The highest BCUT2D eigenvalue weighted by atomic mass is 16.6. The van der Waals surface area contributed by atoms with E-state index in [0.717, 1.165) is 12.0 Å². The second-order valence-electron chi connectivity index (χ2n) is 8.18. The first-order chi connectivity index (χ1) is 16.0. The second kappa shape index (κ2) is 8.41. The van der Waals surface area contributed by atoms with Crippen molar-refractivity contribution in [3.05, 3.63) is 58.7 Å². The summed E-state index contributed by atoms with van der Waals surface area (Å²) in [6.07, 6.45) is 5.12. The number of nitro benzene ring substituents is 1. The van der Waals surface area contributed by atoms with Gasteiger partial charge in [-0.1, -0.05) is 26.0 Å². The zero-order valence-electron chi connectivity index (χ0n) is 18.2. The number of ether oxygens (including phenoxy) is 2. The van der Waals surface area contributed by atoms with Gasteiger partial charge in [0.05, 0.1) is 24.0 Å². The maximum atomic E-state index is 10.8. The maximum absolute atomic E-state index is 10.8. The second-order valence-corrected chi connectivity index (χ2v) is 8.18. The Balaban J connectivity index is 1.43. The lowest BCUT2D eigenvalue weighted by atomic mass is 9.99. The molecule has 4 heterocycles. The molecule has 1 aliphatic heterocycles. The van der Waals surface area contributed by atoms with E-state index in [2.05, 4.69) is 15.0 Å². The normalized spacial score (nSPS) is 22.9. The van der Waals surface area contributed by atoms with Crippen molar-refractivity contribution in [2.24, 2.45) is 5.92 Å². The smallest absolute Gasteiger partial charge is 0.269 e. The Morgan fingerprint density at radius 1 is 1.27 bits per heavy atom. The number of hydrogen-bond acceptors (Lipinski definition) is 8. The Morgan fingerprint density at radius 2 is 2.06 bits per heavy atom. The van der Waals surface area contributed by atoms with Crippen LogP contribution in [0.4, 0.5) is 5.69 Å². The maximum Gasteiger partial charge on any atom is 0.269 e. The molecule has 4 aromatic rings. The van der Waals surface area contributed by atoms with Crippen LogP contribution in [0.15, 0.2) is 43.0 Å². The lowest BCUT2D eigenvalue weighted by Gasteiger charge is -2.18. The number of aliphatic hydroxyl groups excluding tert-OH is 1. The van der Waals surface area contributed by atoms with Crippen molar-refractivity contribution in [3.8, 4) is 5.88 Å². The predicted octanol–water partition coefficient (Wildman–Crippen LogP) is 2.91. The molecule has 1 fully saturated rings. The van der Waals surface area contributed by atoms with Gasteiger partial charge in [0.1, 0.15) is 6.10 Å². The summed E-state index contributed by atoms with van der Waals surface area (Å²) >= 11 is 0. The monoisotopic (exact) mass is 452 g/mol. The van der Waals surface area contributed by atoms with Crippen LogP contribution in [0.2, 0.25) is 0 Å². The van der Waals surface area contributed by atoms with Crippen LogP contribution in [-0.4, -0.2) is 52.8 Å². The van der Waals surface area contributed by atoms with Crippen molar-refractivity contribution in [2.75, 3.05) is 6.61 Å². The minimum atomic E-state index is -0.675. The highest BCUT2D eigenvalue weighted by Crippen LogP contribution is 2.37. The largest absolute Gasteiger partial charge is 0.476 e. The minimum absolute atomic E-state index is 0.00465. The van der Waals surface area contributed by atoms with E-state index in [9.17, 15) is 15.2 Å². The highest BCUT2D eigenvalue weighted by molar-refractivity contribution is 5.79. The van der Waals surface area contributed by atoms with Crippen LogP contribution in [0.25, 0.3) is 16.9 Å². The summed E-state index contributed by atoms with van der Waals surface area (Å²) in [4.78, 5) is 23.7. The fraction of sp³-hybridized carbons (Fsp3) is 0.409. The Kier molecular flexibility index (Phi) is 5.43. The summed E-state index contributed by atoms with van der Waals surface area (Å²) in [5, 5.41) is 21.6. The zero-order chi connectivity index (χ0) is 23.1. The van der Waals surface area contributed by atoms with Crippen molar-refractivity contribution < 1.29 is 19.5 Å². The van der Waals surface area contributed by atoms with E-state index in [1.54, 1.807) is 35.3 Å². The third kappa shape index (κ3) is 3.68. The van der Waals surface area contributed by atoms with Gasteiger partial charge < -0.3 is 14.6 Å². The van der Waals surface area contributed by atoms with Gasteiger partial charge in [0.15, 0.2) is 17.4 Å². The average molecular weight is 452 g/mol. The summed E-state index contributed by atoms with van der Waals surface area (Å²) < 4.78 is 15.7. The molecule has 0 radical (unpaired) electrons. The van der Waals surface area contributed by atoms with Crippen molar-refractivity contribution in [1.29, 1.82) is 0 Å². The van der Waals surface area contributed by atoms with Crippen LogP contribution in [-0.2, 0) is 11.2 Å². The van der Waals surface area contributed by atoms with E-state index in [1.807, 2.05) is 18.4 Å². The van der Waals surface area contributed by atoms with E-state index in [4.69, 9.17) is 9.47 Å². The first-order valence-corrected chi connectivity index (χ1v) is 10.9. The standard InChI is InChI=1S/C22H24N6O5/c1-3-16-13(2)18(29)21(33-16)27-12-24-17-19(25-22-23-9-10-26(22)20(17)27)32-11-8-14-4-6-15(7-5-14)28(30)31/h4-7,9-10,12-13,16,18,21,29H,3,8,11H2,1-2H3/t13-,16-,18-,21-/m1/s1. The molecule has 0 spiro atoms. The topological polar surface area (TPSA) is 130 Å². The molecule has 4 atom stereocenters. The molecule has 0 amide bonds. The van der Waals surface area contributed by atoms with Crippen LogP contribution in [0.1, 0.15) is 32.1 Å². The Hall–Kier alpha value is -3.57. The third-order valence-corrected chi connectivity index (χ3v) is 6.21. The van der Waals surface area contributed by atoms with E-state index < -0.39 is 17.3 Å². The summed E-state index contributed by atoms with van der Waals surface area (Å²) in [7, 11) is 0. The van der Waals surface area contributed by atoms with Gasteiger partial charge in [-0.05, 0) is 12.0 Å². The fourth-order valence-corrected chi connectivity index (χ4v) is 4.33. The van der Waals surface area contributed by atoms with Crippen LogP contribution in [0.5, 0.6) is 5.88 Å². The number of rotatable bonds is 7. The lowest BCUT2D eigenvalue weighted by molar-refractivity contribution is -0.384. The minimum Gasteiger partial charge on any atom is -0.476 e. The molecule has 1 aliphatic rings. The van der Waals surface area contributed by atoms with Crippen molar-refractivity contribution in [1.82, 2.24) is 23.9 Å². The number of hydrogen-bond donors (Lipinski definition) is 1. The van der Waals surface area contributed by atoms with Gasteiger partial charge in [0.2, 0.25) is 11.7 Å². The predicted molar refractivity (Wildman–Crippen MR) is 118 cm³/mol. The molecule has 0 saturated carbocycles. The molecule has 1 saturated heterocycles. The van der Waals surface area contributed by atoms with Gasteiger partial charge in [-0.15, -0.1) is 0 Å². The van der Waals surface area contributed by atoms with Gasteiger partial charge in [-0.25, -0.2) is 9.97 Å². The number of aromatic nitrogens is 5. The number of nitro groups is 1. The van der Waals surface area contributed by atoms with Gasteiger partial charge in [0.25, 0.3) is 5.69 Å². The van der Waals surface area contributed by atoms with Crippen molar-refractivity contribution in [3.63, 3.8) is 0 Å². The zero-order valence-corrected chi connectivity index (χ0v) is 18.2. The Bertz CT molecular complexity index is 1300. The van der Waals surface area contributed by atoms with E-state index >= 15 is 0 Å². The first kappa shape index (κ1) is 21.3.